The maximum atomic E-state index is 5.28. The number of hydrogen-bond acceptors (Lipinski definition) is 4. The van der Waals surface area contributed by atoms with Crippen LogP contribution in [0.15, 0.2) is 18.3 Å². The summed E-state index contributed by atoms with van der Waals surface area (Å²) in [5.41, 5.74) is 1.09. The Hall–Kier alpha value is -1.29. The van der Waals surface area contributed by atoms with Gasteiger partial charge in [0.15, 0.2) is 5.82 Å². The third-order valence-electron chi connectivity index (χ3n) is 3.09. The Labute approximate surface area is 103 Å². The number of anilines is 2. The average Bonchev–Trinajstić information content (AvgIpc) is 3.13. The fourth-order valence-electron chi connectivity index (χ4n) is 2.04. The van der Waals surface area contributed by atoms with Crippen LogP contribution in [0.1, 0.15) is 12.8 Å². The van der Waals surface area contributed by atoms with E-state index >= 15 is 0 Å². The zero-order valence-electron chi connectivity index (χ0n) is 10.8. The third-order valence-corrected chi connectivity index (χ3v) is 3.09. The summed E-state index contributed by atoms with van der Waals surface area (Å²) >= 11 is 0. The Morgan fingerprint density at radius 2 is 2.29 bits per heavy atom. The van der Waals surface area contributed by atoms with E-state index in [4.69, 9.17) is 4.74 Å². The predicted octanol–water partition coefficient (Wildman–Crippen LogP) is 1.98. The van der Waals surface area contributed by atoms with Gasteiger partial charge in [0.2, 0.25) is 0 Å². The summed E-state index contributed by atoms with van der Waals surface area (Å²) in [6, 6.07) is 4.45. The van der Waals surface area contributed by atoms with Crippen LogP contribution in [0.5, 0.6) is 0 Å². The molecule has 1 aromatic heterocycles. The highest BCUT2D eigenvalue weighted by atomic mass is 16.5. The molecule has 1 heterocycles. The lowest BCUT2D eigenvalue weighted by atomic mass is 10.2. The molecular weight excluding hydrogens is 214 g/mol. The summed E-state index contributed by atoms with van der Waals surface area (Å²) in [5.74, 6) is 1.74. The highest BCUT2D eigenvalue weighted by Gasteiger charge is 2.31. The summed E-state index contributed by atoms with van der Waals surface area (Å²) in [6.45, 7) is 0.756. The Balaban J connectivity index is 2.10. The van der Waals surface area contributed by atoms with Crippen LogP contribution >= 0.6 is 0 Å². The number of hydrogen-bond donors (Lipinski definition) is 1. The van der Waals surface area contributed by atoms with Crippen LogP contribution in [0.25, 0.3) is 0 Å². The second-order valence-corrected chi connectivity index (χ2v) is 4.81. The van der Waals surface area contributed by atoms with Gasteiger partial charge in [0.25, 0.3) is 0 Å². The monoisotopic (exact) mass is 235 g/mol. The Morgan fingerprint density at radius 3 is 2.88 bits per heavy atom. The van der Waals surface area contributed by atoms with Gasteiger partial charge in [-0.3, -0.25) is 0 Å². The molecule has 0 spiro atoms. The first kappa shape index (κ1) is 12.2. The van der Waals surface area contributed by atoms with Crippen molar-refractivity contribution in [2.75, 3.05) is 38.0 Å². The van der Waals surface area contributed by atoms with Crippen LogP contribution in [0.4, 0.5) is 11.5 Å². The van der Waals surface area contributed by atoms with E-state index in [9.17, 15) is 0 Å². The van der Waals surface area contributed by atoms with E-state index in [0.717, 1.165) is 24.0 Å². The van der Waals surface area contributed by atoms with Crippen LogP contribution < -0.4 is 10.2 Å². The van der Waals surface area contributed by atoms with Crippen LogP contribution in [0.3, 0.4) is 0 Å². The maximum Gasteiger partial charge on any atom is 0.151 e. The van der Waals surface area contributed by atoms with Gasteiger partial charge in [0, 0.05) is 27.4 Å². The molecule has 0 saturated heterocycles. The van der Waals surface area contributed by atoms with E-state index in [1.807, 2.05) is 31.3 Å². The van der Waals surface area contributed by atoms with Gasteiger partial charge in [-0.15, -0.1) is 0 Å². The summed E-state index contributed by atoms with van der Waals surface area (Å²) in [4.78, 5) is 6.42. The largest absolute Gasteiger partial charge is 0.383 e. The number of methoxy groups -OCH3 is 1. The second kappa shape index (κ2) is 5.36. The van der Waals surface area contributed by atoms with E-state index in [0.29, 0.717) is 6.04 Å². The molecule has 4 heteroatoms. The smallest absolute Gasteiger partial charge is 0.151 e. The lowest BCUT2D eigenvalue weighted by molar-refractivity contribution is 0.179. The van der Waals surface area contributed by atoms with Crippen LogP contribution in [-0.2, 0) is 4.74 Å². The van der Waals surface area contributed by atoms with E-state index in [1.54, 1.807) is 7.11 Å². The molecule has 0 amide bonds. The number of pyridine rings is 1. The summed E-state index contributed by atoms with van der Waals surface area (Å²) in [7, 11) is 5.78. The molecule has 1 N–H and O–H groups in total. The molecule has 0 bridgehead atoms. The normalized spacial score (nSPS) is 16.6. The minimum atomic E-state index is 0.405. The van der Waals surface area contributed by atoms with E-state index in [-0.39, 0.29) is 0 Å². The summed E-state index contributed by atoms with van der Waals surface area (Å²) in [5, 5.41) is 3.56. The second-order valence-electron chi connectivity index (χ2n) is 4.81. The van der Waals surface area contributed by atoms with Crippen molar-refractivity contribution in [2.45, 2.75) is 18.9 Å². The lowest BCUT2D eigenvalue weighted by Gasteiger charge is -2.22. The van der Waals surface area contributed by atoms with Crippen molar-refractivity contribution in [3.05, 3.63) is 18.3 Å². The first-order valence-electron chi connectivity index (χ1n) is 6.10. The van der Waals surface area contributed by atoms with Gasteiger partial charge in [-0.2, -0.15) is 0 Å². The standard InChI is InChI=1S/C13H21N3O/c1-16(2)13-11(5-4-8-14-13)15-12(9-17-3)10-6-7-10/h4-5,8,10,12,15H,6-7,9H2,1-3H3. The third kappa shape index (κ3) is 3.09. The molecule has 0 radical (unpaired) electrons. The number of nitrogens with zero attached hydrogens (tertiary/aromatic N) is 2. The van der Waals surface area contributed by atoms with Gasteiger partial charge < -0.3 is 15.0 Å². The molecule has 4 nitrogen and oxygen atoms in total. The van der Waals surface area contributed by atoms with Gasteiger partial charge in [-0.25, -0.2) is 4.98 Å². The zero-order chi connectivity index (χ0) is 12.3. The number of ether oxygens (including phenoxy) is 1. The molecule has 1 aliphatic rings. The molecule has 17 heavy (non-hydrogen) atoms. The molecule has 1 unspecified atom stereocenters. The van der Waals surface area contributed by atoms with Crippen molar-refractivity contribution < 1.29 is 4.74 Å². The van der Waals surface area contributed by atoms with Crippen molar-refractivity contribution in [1.82, 2.24) is 4.98 Å². The molecule has 94 valence electrons. The highest BCUT2D eigenvalue weighted by molar-refractivity contribution is 5.65. The van der Waals surface area contributed by atoms with E-state index in [1.165, 1.54) is 12.8 Å². The fourth-order valence-corrected chi connectivity index (χ4v) is 2.04. The zero-order valence-corrected chi connectivity index (χ0v) is 10.8. The van der Waals surface area contributed by atoms with Crippen LogP contribution in [0.2, 0.25) is 0 Å². The van der Waals surface area contributed by atoms with Crippen molar-refractivity contribution in [2.24, 2.45) is 5.92 Å². The molecule has 2 rings (SSSR count). The van der Waals surface area contributed by atoms with Crippen LogP contribution in [0, 0.1) is 5.92 Å². The molecule has 1 aromatic rings. The maximum absolute atomic E-state index is 5.28. The van der Waals surface area contributed by atoms with Crippen LogP contribution in [-0.4, -0.2) is 38.8 Å². The topological polar surface area (TPSA) is 37.4 Å². The van der Waals surface area contributed by atoms with Gasteiger partial charge >= 0.3 is 0 Å². The van der Waals surface area contributed by atoms with Gasteiger partial charge in [0.1, 0.15) is 0 Å². The number of aromatic nitrogens is 1. The van der Waals surface area contributed by atoms with Gasteiger partial charge in [-0.05, 0) is 30.9 Å². The SMILES string of the molecule is COCC(Nc1cccnc1N(C)C)C1CC1. The molecular formula is C13H21N3O. The Morgan fingerprint density at radius 1 is 1.53 bits per heavy atom. The molecule has 1 fully saturated rings. The predicted molar refractivity (Wildman–Crippen MR) is 70.6 cm³/mol. The molecule has 0 aliphatic heterocycles. The van der Waals surface area contributed by atoms with Gasteiger partial charge in [0.05, 0.1) is 18.3 Å². The van der Waals surface area contributed by atoms with Crippen molar-refractivity contribution >= 4 is 11.5 Å². The minimum absolute atomic E-state index is 0.405. The van der Waals surface area contributed by atoms with Crippen molar-refractivity contribution in [3.8, 4) is 0 Å². The molecule has 1 atom stereocenters. The fraction of sp³-hybridized carbons (Fsp3) is 0.615. The van der Waals surface area contributed by atoms with Gasteiger partial charge in [-0.1, -0.05) is 0 Å². The summed E-state index contributed by atoms with van der Waals surface area (Å²) < 4.78 is 5.28. The first-order valence-corrected chi connectivity index (χ1v) is 6.10. The molecule has 0 aromatic carbocycles. The highest BCUT2D eigenvalue weighted by Crippen LogP contribution is 2.35. The number of rotatable bonds is 6. The van der Waals surface area contributed by atoms with E-state index in [2.05, 4.69) is 16.4 Å². The Kier molecular flexibility index (Phi) is 3.84. The minimum Gasteiger partial charge on any atom is -0.383 e. The quantitative estimate of drug-likeness (QED) is 0.818. The lowest BCUT2D eigenvalue weighted by Crippen LogP contribution is -2.28. The Bertz CT molecular complexity index is 363. The summed E-state index contributed by atoms with van der Waals surface area (Å²) in [6.07, 6.45) is 4.43. The number of nitrogens with one attached hydrogen (secondary N) is 1. The van der Waals surface area contributed by atoms with E-state index < -0.39 is 0 Å². The molecule has 1 aliphatic carbocycles. The van der Waals surface area contributed by atoms with Crippen molar-refractivity contribution in [1.29, 1.82) is 0 Å². The van der Waals surface area contributed by atoms with Crippen molar-refractivity contribution in [3.63, 3.8) is 0 Å². The molecule has 1 saturated carbocycles. The first-order chi connectivity index (χ1) is 8.22. The average molecular weight is 235 g/mol.